The molecule has 0 amide bonds. The molecule has 2 heterocycles. The average molecular weight is 282 g/mol. The van der Waals surface area contributed by atoms with Gasteiger partial charge in [-0.15, -0.1) is 0 Å². The Labute approximate surface area is 117 Å². The summed E-state index contributed by atoms with van der Waals surface area (Å²) in [6.07, 6.45) is 1.20. The molecule has 0 bridgehead atoms. The lowest BCUT2D eigenvalue weighted by atomic mass is 9.94. The number of nitriles is 1. The smallest absolute Gasteiger partial charge is 0.132 e. The van der Waals surface area contributed by atoms with Gasteiger partial charge in [-0.25, -0.2) is 4.98 Å². The molecule has 0 aromatic carbocycles. The first-order chi connectivity index (χ1) is 9.02. The van der Waals surface area contributed by atoms with Gasteiger partial charge in [-0.2, -0.15) is 5.26 Å². The maximum Gasteiger partial charge on any atom is 0.132 e. The molecule has 1 aromatic heterocycles. The van der Waals surface area contributed by atoms with Crippen LogP contribution in [-0.4, -0.2) is 42.5 Å². The fourth-order valence-electron chi connectivity index (χ4n) is 2.18. The van der Waals surface area contributed by atoms with Crippen LogP contribution in [0.2, 0.25) is 5.15 Å². The topological polar surface area (TPSA) is 69.4 Å². The number of hydrogen-bond acceptors (Lipinski definition) is 5. The van der Waals surface area contributed by atoms with Crippen LogP contribution in [0.1, 0.15) is 18.4 Å². The number of pyridine rings is 1. The number of ether oxygens (including phenoxy) is 1. The third-order valence-electron chi connectivity index (χ3n) is 3.26. The largest absolute Gasteiger partial charge is 0.388 e. The lowest BCUT2D eigenvalue weighted by Gasteiger charge is -2.35. The molecule has 1 aliphatic heterocycles. The van der Waals surface area contributed by atoms with Crippen molar-refractivity contribution in [2.75, 3.05) is 31.7 Å². The van der Waals surface area contributed by atoms with E-state index in [1.165, 1.54) is 6.07 Å². The first-order valence-electron chi connectivity index (χ1n) is 6.11. The van der Waals surface area contributed by atoms with E-state index in [-0.39, 0.29) is 5.15 Å². The van der Waals surface area contributed by atoms with Gasteiger partial charge in [0.2, 0.25) is 0 Å². The summed E-state index contributed by atoms with van der Waals surface area (Å²) in [7, 11) is 1.83. The van der Waals surface area contributed by atoms with E-state index in [1.807, 2.05) is 18.0 Å². The Bertz CT molecular complexity index is 495. The highest BCUT2D eigenvalue weighted by Crippen LogP contribution is 2.24. The number of aliphatic hydroxyl groups is 1. The van der Waals surface area contributed by atoms with Gasteiger partial charge in [-0.3, -0.25) is 0 Å². The van der Waals surface area contributed by atoms with E-state index in [0.717, 1.165) is 0 Å². The molecule has 0 spiro atoms. The van der Waals surface area contributed by atoms with E-state index in [4.69, 9.17) is 21.6 Å². The van der Waals surface area contributed by atoms with Crippen LogP contribution in [0.25, 0.3) is 0 Å². The Morgan fingerprint density at radius 3 is 2.84 bits per heavy atom. The summed E-state index contributed by atoms with van der Waals surface area (Å²) >= 11 is 5.88. The van der Waals surface area contributed by atoms with Crippen LogP contribution in [0.4, 0.5) is 5.82 Å². The Hall–Kier alpha value is -1.35. The monoisotopic (exact) mass is 281 g/mol. The average Bonchev–Trinajstić information content (AvgIpc) is 2.38. The molecular weight excluding hydrogens is 266 g/mol. The highest BCUT2D eigenvalue weighted by molar-refractivity contribution is 6.29. The van der Waals surface area contributed by atoms with Gasteiger partial charge in [-0.1, -0.05) is 11.6 Å². The van der Waals surface area contributed by atoms with Crippen molar-refractivity contribution in [1.29, 1.82) is 5.26 Å². The van der Waals surface area contributed by atoms with Gasteiger partial charge in [0.15, 0.2) is 0 Å². The molecule has 0 unspecified atom stereocenters. The van der Waals surface area contributed by atoms with Crippen LogP contribution >= 0.6 is 11.6 Å². The summed E-state index contributed by atoms with van der Waals surface area (Å²) in [5.74, 6) is 0.587. The molecule has 19 heavy (non-hydrogen) atoms. The van der Waals surface area contributed by atoms with Crippen molar-refractivity contribution >= 4 is 17.4 Å². The van der Waals surface area contributed by atoms with Gasteiger partial charge in [0.25, 0.3) is 0 Å². The number of hydrogen-bond donors (Lipinski definition) is 1. The molecule has 1 aliphatic rings. The van der Waals surface area contributed by atoms with Crippen molar-refractivity contribution in [3.05, 3.63) is 22.8 Å². The van der Waals surface area contributed by atoms with E-state index in [9.17, 15) is 5.11 Å². The standard InChI is InChI=1S/C13H16ClN3O2/c1-17(9-13(18)2-4-19-5-3-13)12-7-10(8-15)6-11(14)16-12/h6-7,18H,2-5,9H2,1H3. The first-order valence-corrected chi connectivity index (χ1v) is 6.49. The Morgan fingerprint density at radius 2 is 2.21 bits per heavy atom. The molecule has 0 aliphatic carbocycles. The number of nitrogens with zero attached hydrogens (tertiary/aromatic N) is 3. The van der Waals surface area contributed by atoms with E-state index < -0.39 is 5.60 Å². The third-order valence-corrected chi connectivity index (χ3v) is 3.45. The minimum Gasteiger partial charge on any atom is -0.388 e. The van der Waals surface area contributed by atoms with Gasteiger partial charge in [0, 0.05) is 39.6 Å². The summed E-state index contributed by atoms with van der Waals surface area (Å²) in [5, 5.41) is 19.6. The molecule has 1 N–H and O–H groups in total. The van der Waals surface area contributed by atoms with Crippen molar-refractivity contribution in [2.45, 2.75) is 18.4 Å². The number of aromatic nitrogens is 1. The molecule has 1 saturated heterocycles. The zero-order chi connectivity index (χ0) is 13.9. The van der Waals surface area contributed by atoms with E-state index in [0.29, 0.717) is 44.0 Å². The van der Waals surface area contributed by atoms with Crippen LogP contribution in [0.5, 0.6) is 0 Å². The quantitative estimate of drug-likeness (QED) is 0.852. The van der Waals surface area contributed by atoms with Crippen molar-refractivity contribution < 1.29 is 9.84 Å². The lowest BCUT2D eigenvalue weighted by Crippen LogP contribution is -2.46. The molecule has 1 aromatic rings. The van der Waals surface area contributed by atoms with Gasteiger partial charge in [0.05, 0.1) is 17.2 Å². The zero-order valence-corrected chi connectivity index (χ0v) is 11.5. The molecular formula is C13H16ClN3O2. The van der Waals surface area contributed by atoms with E-state index >= 15 is 0 Å². The van der Waals surface area contributed by atoms with Crippen LogP contribution in [0, 0.1) is 11.3 Å². The maximum absolute atomic E-state index is 10.5. The molecule has 1 fully saturated rings. The fourth-order valence-corrected chi connectivity index (χ4v) is 2.38. The Balaban J connectivity index is 2.13. The Kier molecular flexibility index (Phi) is 4.25. The normalized spacial score (nSPS) is 17.8. The van der Waals surface area contributed by atoms with Gasteiger partial charge < -0.3 is 14.7 Å². The van der Waals surface area contributed by atoms with Crippen LogP contribution < -0.4 is 4.90 Å². The minimum atomic E-state index is -0.774. The van der Waals surface area contributed by atoms with Gasteiger partial charge >= 0.3 is 0 Å². The number of rotatable bonds is 3. The molecule has 2 rings (SSSR count). The fraction of sp³-hybridized carbons (Fsp3) is 0.538. The summed E-state index contributed by atoms with van der Waals surface area (Å²) in [6.45, 7) is 1.57. The predicted octanol–water partition coefficient (Wildman–Crippen LogP) is 1.58. The van der Waals surface area contributed by atoms with Gasteiger partial charge in [0.1, 0.15) is 11.0 Å². The second kappa shape index (κ2) is 5.74. The highest BCUT2D eigenvalue weighted by atomic mass is 35.5. The van der Waals surface area contributed by atoms with Crippen molar-refractivity contribution in [3.63, 3.8) is 0 Å². The van der Waals surface area contributed by atoms with Crippen LogP contribution in [0.15, 0.2) is 12.1 Å². The predicted molar refractivity (Wildman–Crippen MR) is 72.2 cm³/mol. The highest BCUT2D eigenvalue weighted by Gasteiger charge is 2.31. The second-order valence-corrected chi connectivity index (χ2v) is 5.23. The van der Waals surface area contributed by atoms with Gasteiger partial charge in [-0.05, 0) is 12.1 Å². The second-order valence-electron chi connectivity index (χ2n) is 4.84. The summed E-state index contributed by atoms with van der Waals surface area (Å²) < 4.78 is 5.25. The molecule has 0 atom stereocenters. The third kappa shape index (κ3) is 3.57. The summed E-state index contributed by atoms with van der Waals surface area (Å²) in [6, 6.07) is 5.22. The number of halogens is 1. The van der Waals surface area contributed by atoms with Crippen molar-refractivity contribution in [3.8, 4) is 6.07 Å². The van der Waals surface area contributed by atoms with Crippen LogP contribution in [-0.2, 0) is 4.74 Å². The van der Waals surface area contributed by atoms with Crippen molar-refractivity contribution in [2.24, 2.45) is 0 Å². The lowest BCUT2D eigenvalue weighted by molar-refractivity contribution is -0.0573. The number of anilines is 1. The SMILES string of the molecule is CN(CC1(O)CCOCC1)c1cc(C#N)cc(Cl)n1. The molecule has 0 saturated carbocycles. The molecule has 102 valence electrons. The molecule has 6 heteroatoms. The van der Waals surface area contributed by atoms with Crippen LogP contribution in [0.3, 0.4) is 0 Å². The molecule has 0 radical (unpaired) electrons. The number of likely N-dealkylation sites (N-methyl/N-ethyl adjacent to an activating group) is 1. The summed E-state index contributed by atoms with van der Waals surface area (Å²) in [5.41, 5.74) is -0.315. The molecule has 5 nitrogen and oxygen atoms in total. The summed E-state index contributed by atoms with van der Waals surface area (Å²) in [4.78, 5) is 5.99. The Morgan fingerprint density at radius 1 is 1.53 bits per heavy atom. The maximum atomic E-state index is 10.5. The zero-order valence-electron chi connectivity index (χ0n) is 10.8. The minimum absolute atomic E-state index is 0.278. The first kappa shape index (κ1) is 14.1. The van der Waals surface area contributed by atoms with E-state index in [2.05, 4.69) is 4.98 Å². The van der Waals surface area contributed by atoms with E-state index in [1.54, 1.807) is 6.07 Å². The van der Waals surface area contributed by atoms with Crippen molar-refractivity contribution in [1.82, 2.24) is 4.98 Å².